The lowest BCUT2D eigenvalue weighted by Crippen LogP contribution is -2.24. The number of nitrogens with two attached hydrogens (primary N) is 1. The molecule has 0 spiro atoms. The fraction of sp³-hybridized carbons (Fsp3) is 0.625. The van der Waals surface area contributed by atoms with Gasteiger partial charge >= 0.3 is 0 Å². The van der Waals surface area contributed by atoms with Gasteiger partial charge in [0.1, 0.15) is 0 Å². The van der Waals surface area contributed by atoms with Gasteiger partial charge in [0.25, 0.3) is 0 Å². The molecule has 2 N–H and O–H groups in total. The van der Waals surface area contributed by atoms with Gasteiger partial charge in [0.2, 0.25) is 0 Å². The first kappa shape index (κ1) is 13.6. The molecule has 0 bridgehead atoms. The summed E-state index contributed by atoms with van der Waals surface area (Å²) in [5, 5.41) is 0. The van der Waals surface area contributed by atoms with E-state index in [2.05, 4.69) is 43.0 Å². The summed E-state index contributed by atoms with van der Waals surface area (Å²) in [4.78, 5) is 2.56. The van der Waals surface area contributed by atoms with E-state index in [-0.39, 0.29) is 0 Å². The smallest absolute Gasteiger partial charge is 0.0240 e. The van der Waals surface area contributed by atoms with E-state index in [1.807, 2.05) is 0 Å². The van der Waals surface area contributed by atoms with Gasteiger partial charge in [0.05, 0.1) is 0 Å². The maximum absolute atomic E-state index is 5.76. The molecule has 18 heavy (non-hydrogen) atoms. The van der Waals surface area contributed by atoms with Crippen LogP contribution >= 0.6 is 0 Å². The fourth-order valence-corrected chi connectivity index (χ4v) is 2.60. The zero-order valence-electron chi connectivity index (χ0n) is 11.8. The Morgan fingerprint density at radius 1 is 1.11 bits per heavy atom. The van der Waals surface area contributed by atoms with Gasteiger partial charge in [0.15, 0.2) is 0 Å². The van der Waals surface area contributed by atoms with Crippen LogP contribution in [-0.4, -0.2) is 18.0 Å². The van der Waals surface area contributed by atoms with Crippen molar-refractivity contribution < 1.29 is 0 Å². The summed E-state index contributed by atoms with van der Waals surface area (Å²) >= 11 is 0. The SMILES string of the molecule is CC(C)(CN)CCCCN1Cc2ccccc2C1. The molecule has 0 radical (unpaired) electrons. The van der Waals surface area contributed by atoms with Gasteiger partial charge in [-0.1, -0.05) is 44.5 Å². The molecule has 1 aliphatic rings. The highest BCUT2D eigenvalue weighted by molar-refractivity contribution is 5.30. The molecule has 0 unspecified atom stereocenters. The van der Waals surface area contributed by atoms with E-state index < -0.39 is 0 Å². The van der Waals surface area contributed by atoms with Gasteiger partial charge in [-0.2, -0.15) is 0 Å². The molecule has 2 heteroatoms. The Morgan fingerprint density at radius 3 is 2.28 bits per heavy atom. The Labute approximate surface area is 111 Å². The third-order valence-electron chi connectivity index (χ3n) is 4.04. The average molecular weight is 246 g/mol. The molecule has 0 aliphatic carbocycles. The summed E-state index contributed by atoms with van der Waals surface area (Å²) in [6.07, 6.45) is 3.82. The van der Waals surface area contributed by atoms with Crippen LogP contribution in [0.3, 0.4) is 0 Å². The van der Waals surface area contributed by atoms with Crippen LogP contribution in [0.25, 0.3) is 0 Å². The minimum absolute atomic E-state index is 0.313. The van der Waals surface area contributed by atoms with E-state index >= 15 is 0 Å². The molecule has 0 aromatic heterocycles. The van der Waals surface area contributed by atoms with Gasteiger partial charge in [-0.05, 0) is 42.5 Å². The van der Waals surface area contributed by atoms with Crippen molar-refractivity contribution in [1.29, 1.82) is 0 Å². The zero-order valence-corrected chi connectivity index (χ0v) is 11.8. The number of hydrogen-bond donors (Lipinski definition) is 1. The normalized spacial score (nSPS) is 15.9. The quantitative estimate of drug-likeness (QED) is 0.781. The minimum Gasteiger partial charge on any atom is -0.330 e. The maximum atomic E-state index is 5.76. The second-order valence-electron chi connectivity index (χ2n) is 6.30. The number of hydrogen-bond acceptors (Lipinski definition) is 2. The molecule has 2 rings (SSSR count). The number of rotatable bonds is 6. The van der Waals surface area contributed by atoms with Crippen LogP contribution in [0.4, 0.5) is 0 Å². The predicted octanol–water partition coefficient (Wildman–Crippen LogP) is 3.16. The van der Waals surface area contributed by atoms with Crippen LogP contribution in [0.15, 0.2) is 24.3 Å². The van der Waals surface area contributed by atoms with Gasteiger partial charge in [-0.3, -0.25) is 4.90 Å². The largest absolute Gasteiger partial charge is 0.330 e. The minimum atomic E-state index is 0.313. The van der Waals surface area contributed by atoms with Crippen LogP contribution in [0.1, 0.15) is 44.2 Å². The Kier molecular flexibility index (Phi) is 4.41. The zero-order chi connectivity index (χ0) is 13.0. The van der Waals surface area contributed by atoms with Crippen molar-refractivity contribution in [3.63, 3.8) is 0 Å². The van der Waals surface area contributed by atoms with Crippen LogP contribution in [0.2, 0.25) is 0 Å². The van der Waals surface area contributed by atoms with Crippen LogP contribution in [-0.2, 0) is 13.1 Å². The van der Waals surface area contributed by atoms with E-state index in [1.165, 1.54) is 36.9 Å². The van der Waals surface area contributed by atoms with Gasteiger partial charge in [-0.15, -0.1) is 0 Å². The van der Waals surface area contributed by atoms with E-state index in [0.29, 0.717) is 5.41 Å². The molecule has 0 amide bonds. The van der Waals surface area contributed by atoms with Gasteiger partial charge < -0.3 is 5.73 Å². The van der Waals surface area contributed by atoms with Crippen molar-refractivity contribution in [1.82, 2.24) is 4.90 Å². The second-order valence-corrected chi connectivity index (χ2v) is 6.30. The average Bonchev–Trinajstić information content (AvgIpc) is 2.77. The first-order valence-electron chi connectivity index (χ1n) is 7.10. The number of fused-ring (bicyclic) bond motifs is 1. The van der Waals surface area contributed by atoms with Crippen molar-refractivity contribution in [2.24, 2.45) is 11.1 Å². The maximum Gasteiger partial charge on any atom is 0.0240 e. The highest BCUT2D eigenvalue weighted by Crippen LogP contribution is 2.24. The van der Waals surface area contributed by atoms with Crippen LogP contribution < -0.4 is 5.73 Å². The van der Waals surface area contributed by atoms with Gasteiger partial charge in [0, 0.05) is 13.1 Å². The van der Waals surface area contributed by atoms with Crippen molar-refractivity contribution >= 4 is 0 Å². The molecule has 2 nitrogen and oxygen atoms in total. The van der Waals surface area contributed by atoms with Crippen molar-refractivity contribution in [2.75, 3.05) is 13.1 Å². The number of nitrogens with zero attached hydrogens (tertiary/aromatic N) is 1. The molecule has 0 fully saturated rings. The molecule has 0 saturated heterocycles. The molecule has 1 aliphatic heterocycles. The van der Waals surface area contributed by atoms with E-state index in [0.717, 1.165) is 19.6 Å². The Bertz CT molecular complexity index is 359. The van der Waals surface area contributed by atoms with Crippen molar-refractivity contribution in [3.8, 4) is 0 Å². The lowest BCUT2D eigenvalue weighted by atomic mass is 9.87. The summed E-state index contributed by atoms with van der Waals surface area (Å²) in [7, 11) is 0. The van der Waals surface area contributed by atoms with Crippen LogP contribution in [0, 0.1) is 5.41 Å². The molecule has 0 atom stereocenters. The summed E-state index contributed by atoms with van der Waals surface area (Å²) in [6, 6.07) is 8.80. The van der Waals surface area contributed by atoms with Gasteiger partial charge in [-0.25, -0.2) is 0 Å². The van der Waals surface area contributed by atoms with Crippen molar-refractivity contribution in [3.05, 3.63) is 35.4 Å². The van der Waals surface area contributed by atoms with Crippen molar-refractivity contribution in [2.45, 2.75) is 46.2 Å². The summed E-state index contributed by atoms with van der Waals surface area (Å²) in [5.74, 6) is 0. The Hall–Kier alpha value is -0.860. The molecule has 1 aromatic carbocycles. The highest BCUT2D eigenvalue weighted by atomic mass is 15.1. The lowest BCUT2D eigenvalue weighted by Gasteiger charge is -2.22. The Balaban J connectivity index is 1.68. The number of benzene rings is 1. The topological polar surface area (TPSA) is 29.3 Å². The Morgan fingerprint density at radius 2 is 1.72 bits per heavy atom. The number of unbranched alkanes of at least 4 members (excludes halogenated alkanes) is 1. The molecule has 0 saturated carbocycles. The first-order valence-corrected chi connectivity index (χ1v) is 7.10. The second kappa shape index (κ2) is 5.85. The third kappa shape index (κ3) is 3.56. The van der Waals surface area contributed by atoms with E-state index in [1.54, 1.807) is 0 Å². The predicted molar refractivity (Wildman–Crippen MR) is 77.2 cm³/mol. The molecule has 1 aromatic rings. The molecule has 1 heterocycles. The summed E-state index contributed by atoms with van der Waals surface area (Å²) < 4.78 is 0. The lowest BCUT2D eigenvalue weighted by molar-refractivity contribution is 0.262. The molecular weight excluding hydrogens is 220 g/mol. The monoisotopic (exact) mass is 246 g/mol. The standard InChI is InChI=1S/C16H26N2/c1-16(2,13-17)9-5-6-10-18-11-14-7-3-4-8-15(14)12-18/h3-4,7-8H,5-6,9-13,17H2,1-2H3. The summed E-state index contributed by atoms with van der Waals surface area (Å²) in [6.45, 7) is 8.81. The highest BCUT2D eigenvalue weighted by Gasteiger charge is 2.18. The summed E-state index contributed by atoms with van der Waals surface area (Å²) in [5.41, 5.74) is 9.10. The van der Waals surface area contributed by atoms with Crippen LogP contribution in [0.5, 0.6) is 0 Å². The van der Waals surface area contributed by atoms with E-state index in [4.69, 9.17) is 5.73 Å². The fourth-order valence-electron chi connectivity index (χ4n) is 2.60. The first-order chi connectivity index (χ1) is 8.61. The van der Waals surface area contributed by atoms with E-state index in [9.17, 15) is 0 Å². The third-order valence-corrected chi connectivity index (χ3v) is 4.04. The molecule has 100 valence electrons. The molecular formula is C16H26N2.